The first-order chi connectivity index (χ1) is 10.4. The monoisotopic (exact) mass is 311 g/mol. The summed E-state index contributed by atoms with van der Waals surface area (Å²) in [5.41, 5.74) is -1.49. The molecule has 3 aromatic rings. The Morgan fingerprint density at radius 2 is 2.14 bits per heavy atom. The minimum absolute atomic E-state index is 0.0128. The number of esters is 1. The smallest absolute Gasteiger partial charge is 0.433 e. The molecule has 3 rings (SSSR count). The van der Waals surface area contributed by atoms with Crippen molar-refractivity contribution in [1.82, 2.24) is 14.6 Å². The van der Waals surface area contributed by atoms with Crippen molar-refractivity contribution in [2.45, 2.75) is 6.18 Å². The molecule has 0 bridgehead atoms. The number of halogens is 3. The summed E-state index contributed by atoms with van der Waals surface area (Å²) >= 11 is 0. The van der Waals surface area contributed by atoms with E-state index in [1.807, 2.05) is 0 Å². The van der Waals surface area contributed by atoms with E-state index in [1.165, 1.54) is 18.4 Å². The summed E-state index contributed by atoms with van der Waals surface area (Å²) in [5, 5.41) is 3.60. The van der Waals surface area contributed by atoms with Gasteiger partial charge in [-0.3, -0.25) is 0 Å². The molecule has 0 saturated heterocycles. The average Bonchev–Trinajstić information content (AvgIpc) is 3.12. The van der Waals surface area contributed by atoms with Crippen LogP contribution in [0.4, 0.5) is 13.2 Å². The van der Waals surface area contributed by atoms with E-state index in [-0.39, 0.29) is 22.8 Å². The molecule has 114 valence electrons. The van der Waals surface area contributed by atoms with E-state index >= 15 is 0 Å². The van der Waals surface area contributed by atoms with Gasteiger partial charge in [0.1, 0.15) is 5.69 Å². The number of hydrogen-bond donors (Lipinski definition) is 0. The number of carbonyl (C=O) groups excluding carboxylic acids is 1. The number of fused-ring (bicyclic) bond motifs is 1. The number of ether oxygens (including phenoxy) is 1. The maximum absolute atomic E-state index is 13.2. The molecular weight excluding hydrogens is 303 g/mol. The van der Waals surface area contributed by atoms with E-state index in [4.69, 9.17) is 4.42 Å². The van der Waals surface area contributed by atoms with Gasteiger partial charge in [-0.15, -0.1) is 0 Å². The molecule has 0 spiro atoms. The quantitative estimate of drug-likeness (QED) is 0.681. The average molecular weight is 311 g/mol. The van der Waals surface area contributed by atoms with Gasteiger partial charge in [-0.2, -0.15) is 18.3 Å². The van der Waals surface area contributed by atoms with Gasteiger partial charge in [0.25, 0.3) is 0 Å². The van der Waals surface area contributed by atoms with Gasteiger partial charge in [0.05, 0.1) is 13.4 Å². The minimum atomic E-state index is -4.68. The second kappa shape index (κ2) is 4.86. The number of furan rings is 1. The third-order valence-electron chi connectivity index (χ3n) is 2.89. The summed E-state index contributed by atoms with van der Waals surface area (Å²) in [6.45, 7) is 0. The number of aromatic nitrogens is 3. The van der Waals surface area contributed by atoms with E-state index in [2.05, 4.69) is 14.8 Å². The van der Waals surface area contributed by atoms with Gasteiger partial charge in [-0.05, 0) is 18.2 Å². The molecule has 9 heteroatoms. The highest BCUT2D eigenvalue weighted by atomic mass is 19.4. The maximum atomic E-state index is 13.2. The summed E-state index contributed by atoms with van der Waals surface area (Å²) < 4.78 is 49.7. The molecule has 0 saturated carbocycles. The zero-order valence-electron chi connectivity index (χ0n) is 11.1. The van der Waals surface area contributed by atoms with Gasteiger partial charge in [0, 0.05) is 6.07 Å². The van der Waals surface area contributed by atoms with Crippen molar-refractivity contribution in [2.75, 3.05) is 7.11 Å². The van der Waals surface area contributed by atoms with Crippen LogP contribution in [0.25, 0.3) is 17.1 Å². The van der Waals surface area contributed by atoms with Crippen LogP contribution < -0.4 is 0 Å². The van der Waals surface area contributed by atoms with Crippen LogP contribution in [0.15, 0.2) is 34.9 Å². The highest BCUT2D eigenvalue weighted by Crippen LogP contribution is 2.32. The number of hydrogen-bond acceptors (Lipinski definition) is 5. The molecule has 0 aliphatic carbocycles. The minimum Gasteiger partial charge on any atom is -0.464 e. The molecule has 3 aromatic heterocycles. The maximum Gasteiger partial charge on any atom is 0.433 e. The SMILES string of the molecule is COC(=O)c1cc2nc(-c3ccco3)cc(C(F)(F)F)n2n1. The molecule has 3 heterocycles. The van der Waals surface area contributed by atoms with Crippen molar-refractivity contribution in [3.8, 4) is 11.5 Å². The molecule has 0 aromatic carbocycles. The van der Waals surface area contributed by atoms with E-state index in [1.54, 1.807) is 0 Å². The summed E-state index contributed by atoms with van der Waals surface area (Å²) in [6.07, 6.45) is -3.35. The number of carbonyl (C=O) groups is 1. The number of rotatable bonds is 2. The van der Waals surface area contributed by atoms with Crippen LogP contribution >= 0.6 is 0 Å². The Kier molecular flexibility index (Phi) is 3.12. The summed E-state index contributed by atoms with van der Waals surface area (Å²) in [4.78, 5) is 15.5. The second-order valence-electron chi connectivity index (χ2n) is 4.29. The molecule has 0 aliphatic heterocycles. The van der Waals surface area contributed by atoms with E-state index in [0.717, 1.165) is 19.2 Å². The molecule has 22 heavy (non-hydrogen) atoms. The van der Waals surface area contributed by atoms with E-state index in [0.29, 0.717) is 4.52 Å². The zero-order valence-corrected chi connectivity index (χ0v) is 11.1. The molecule has 0 atom stereocenters. The number of nitrogens with zero attached hydrogens (tertiary/aromatic N) is 3. The molecule has 0 radical (unpaired) electrons. The van der Waals surface area contributed by atoms with Gasteiger partial charge in [0.15, 0.2) is 22.8 Å². The highest BCUT2D eigenvalue weighted by Gasteiger charge is 2.36. The molecule has 0 amide bonds. The van der Waals surface area contributed by atoms with Crippen LogP contribution in [0.5, 0.6) is 0 Å². The zero-order chi connectivity index (χ0) is 15.9. The Morgan fingerprint density at radius 3 is 2.73 bits per heavy atom. The van der Waals surface area contributed by atoms with Gasteiger partial charge >= 0.3 is 12.1 Å². The van der Waals surface area contributed by atoms with Crippen molar-refractivity contribution in [2.24, 2.45) is 0 Å². The number of alkyl halides is 3. The van der Waals surface area contributed by atoms with Gasteiger partial charge in [-0.25, -0.2) is 14.3 Å². The Hall–Kier alpha value is -2.84. The molecule has 0 unspecified atom stereocenters. The Morgan fingerprint density at radius 1 is 1.36 bits per heavy atom. The van der Waals surface area contributed by atoms with E-state index in [9.17, 15) is 18.0 Å². The number of methoxy groups -OCH3 is 1. The van der Waals surface area contributed by atoms with Crippen molar-refractivity contribution < 1.29 is 27.1 Å². The van der Waals surface area contributed by atoms with Gasteiger partial charge < -0.3 is 9.15 Å². The van der Waals surface area contributed by atoms with Crippen molar-refractivity contribution in [3.63, 3.8) is 0 Å². The van der Waals surface area contributed by atoms with Crippen LogP contribution in [0.2, 0.25) is 0 Å². The largest absolute Gasteiger partial charge is 0.464 e. The second-order valence-corrected chi connectivity index (χ2v) is 4.29. The Balaban J connectivity index is 2.28. The third kappa shape index (κ3) is 2.30. The molecule has 0 aliphatic rings. The van der Waals surface area contributed by atoms with Gasteiger partial charge in [-0.1, -0.05) is 0 Å². The fraction of sp³-hybridized carbons (Fsp3) is 0.154. The standard InChI is InChI=1S/C13H8F3N3O3/c1-21-12(20)8-6-11-17-7(9-3-2-4-22-9)5-10(13(14,15)16)19(11)18-8/h2-6H,1H3. The predicted molar refractivity (Wildman–Crippen MR) is 67.0 cm³/mol. The van der Waals surface area contributed by atoms with E-state index < -0.39 is 17.8 Å². The van der Waals surface area contributed by atoms with Gasteiger partial charge in [0.2, 0.25) is 0 Å². The molecular formula is C13H8F3N3O3. The van der Waals surface area contributed by atoms with Crippen LogP contribution in [0.1, 0.15) is 16.2 Å². The summed E-state index contributed by atoms with van der Waals surface area (Å²) in [7, 11) is 1.11. The first kappa shape index (κ1) is 14.1. The first-order valence-electron chi connectivity index (χ1n) is 6.00. The fourth-order valence-corrected chi connectivity index (χ4v) is 1.93. The van der Waals surface area contributed by atoms with Crippen molar-refractivity contribution >= 4 is 11.6 Å². The lowest BCUT2D eigenvalue weighted by molar-refractivity contribution is -0.142. The van der Waals surface area contributed by atoms with Crippen LogP contribution in [-0.2, 0) is 10.9 Å². The lowest BCUT2D eigenvalue weighted by atomic mass is 10.2. The molecule has 6 nitrogen and oxygen atoms in total. The highest BCUT2D eigenvalue weighted by molar-refractivity contribution is 5.88. The summed E-state index contributed by atoms with van der Waals surface area (Å²) in [6, 6.07) is 4.94. The lowest BCUT2D eigenvalue weighted by Crippen LogP contribution is -2.14. The molecule has 0 N–H and O–H groups in total. The fourth-order valence-electron chi connectivity index (χ4n) is 1.93. The normalized spacial score (nSPS) is 11.8. The lowest BCUT2D eigenvalue weighted by Gasteiger charge is -2.09. The predicted octanol–water partition coefficient (Wildman–Crippen LogP) is 2.79. The topological polar surface area (TPSA) is 69.6 Å². The third-order valence-corrected chi connectivity index (χ3v) is 2.89. The van der Waals surface area contributed by atoms with Crippen molar-refractivity contribution in [3.05, 3.63) is 41.9 Å². The van der Waals surface area contributed by atoms with Crippen LogP contribution in [0.3, 0.4) is 0 Å². The Labute approximate surface area is 121 Å². The van der Waals surface area contributed by atoms with Crippen LogP contribution in [0, 0.1) is 0 Å². The van der Waals surface area contributed by atoms with Crippen LogP contribution in [-0.4, -0.2) is 27.7 Å². The molecule has 0 fully saturated rings. The first-order valence-corrected chi connectivity index (χ1v) is 6.00. The van der Waals surface area contributed by atoms with Crippen molar-refractivity contribution in [1.29, 1.82) is 0 Å². The summed E-state index contributed by atoms with van der Waals surface area (Å²) in [5.74, 6) is -0.674. The Bertz CT molecular complexity index is 837.